The lowest BCUT2D eigenvalue weighted by Gasteiger charge is -2.09. The van der Waals surface area contributed by atoms with Gasteiger partial charge in [-0.1, -0.05) is 12.7 Å². The molecule has 5 nitrogen and oxygen atoms in total. The van der Waals surface area contributed by atoms with E-state index < -0.39 is 18.0 Å². The molecule has 1 atom stereocenters. The van der Waals surface area contributed by atoms with Crippen LogP contribution in [0.3, 0.4) is 0 Å². The van der Waals surface area contributed by atoms with E-state index in [2.05, 4.69) is 11.3 Å². The van der Waals surface area contributed by atoms with Gasteiger partial charge >= 0.3 is 11.9 Å². The molecule has 0 spiro atoms. The largest absolute Gasteiger partial charge is 0.478 e. The summed E-state index contributed by atoms with van der Waals surface area (Å²) in [7, 11) is 0. The highest BCUT2D eigenvalue weighted by Gasteiger charge is 2.12. The van der Waals surface area contributed by atoms with Crippen molar-refractivity contribution in [3.8, 4) is 0 Å². The van der Waals surface area contributed by atoms with Crippen LogP contribution < -0.4 is 0 Å². The van der Waals surface area contributed by atoms with Crippen LogP contribution in [0.1, 0.15) is 13.3 Å². The normalized spacial score (nSPS) is 12.4. The maximum Gasteiger partial charge on any atom is 0.331 e. The minimum Gasteiger partial charge on any atom is -0.478 e. The van der Waals surface area contributed by atoms with Crippen LogP contribution in [0.25, 0.3) is 0 Å². The number of allylic oxidation sites excluding steroid dienone is 1. The van der Waals surface area contributed by atoms with E-state index in [4.69, 9.17) is 5.11 Å². The molecule has 0 aromatic rings. The summed E-state index contributed by atoms with van der Waals surface area (Å²) < 4.78 is 4.62. The number of esters is 1. The third-order valence-electron chi connectivity index (χ3n) is 1.51. The van der Waals surface area contributed by atoms with Crippen molar-refractivity contribution in [3.05, 3.63) is 24.3 Å². The van der Waals surface area contributed by atoms with Gasteiger partial charge in [-0.15, -0.1) is 0 Å². The van der Waals surface area contributed by atoms with Gasteiger partial charge in [0.1, 0.15) is 6.61 Å². The van der Waals surface area contributed by atoms with Crippen molar-refractivity contribution in [1.82, 2.24) is 0 Å². The maximum atomic E-state index is 10.8. The van der Waals surface area contributed by atoms with Crippen molar-refractivity contribution >= 4 is 11.9 Å². The molecule has 0 saturated heterocycles. The highest BCUT2D eigenvalue weighted by Crippen LogP contribution is 2.03. The number of aliphatic carboxylic acids is 1. The highest BCUT2D eigenvalue weighted by molar-refractivity contribution is 5.85. The molecule has 84 valence electrons. The van der Waals surface area contributed by atoms with E-state index in [1.54, 1.807) is 6.92 Å². The molecule has 0 aliphatic heterocycles. The molecule has 0 saturated carbocycles. The van der Waals surface area contributed by atoms with Gasteiger partial charge in [0.05, 0.1) is 6.10 Å². The van der Waals surface area contributed by atoms with Crippen LogP contribution in [-0.2, 0) is 14.3 Å². The molecule has 0 fully saturated rings. The van der Waals surface area contributed by atoms with E-state index in [0.717, 1.165) is 0 Å². The average molecular weight is 214 g/mol. The molecule has 5 heteroatoms. The third-order valence-corrected chi connectivity index (χ3v) is 1.51. The monoisotopic (exact) mass is 214 g/mol. The second-order valence-corrected chi connectivity index (χ2v) is 2.90. The molecule has 0 heterocycles. The zero-order valence-electron chi connectivity index (χ0n) is 8.47. The van der Waals surface area contributed by atoms with Crippen LogP contribution in [0.2, 0.25) is 0 Å². The van der Waals surface area contributed by atoms with Crippen LogP contribution >= 0.6 is 0 Å². The predicted octanol–water partition coefficient (Wildman–Crippen LogP) is 0.497. The molecule has 0 aromatic heterocycles. The molecule has 0 rings (SSSR count). The highest BCUT2D eigenvalue weighted by atomic mass is 16.5. The number of rotatable bonds is 6. The van der Waals surface area contributed by atoms with Crippen molar-refractivity contribution in [2.75, 3.05) is 6.61 Å². The Balaban J connectivity index is 3.85. The van der Waals surface area contributed by atoms with Crippen LogP contribution in [0.15, 0.2) is 24.3 Å². The van der Waals surface area contributed by atoms with Gasteiger partial charge in [-0.2, -0.15) is 0 Å². The van der Waals surface area contributed by atoms with Crippen LogP contribution in [0.5, 0.6) is 0 Å². The van der Waals surface area contributed by atoms with Crippen molar-refractivity contribution in [2.24, 2.45) is 0 Å². The van der Waals surface area contributed by atoms with Gasteiger partial charge in [-0.3, -0.25) is 0 Å². The van der Waals surface area contributed by atoms with Crippen molar-refractivity contribution in [2.45, 2.75) is 19.4 Å². The Morgan fingerprint density at radius 2 is 2.13 bits per heavy atom. The number of hydrogen-bond acceptors (Lipinski definition) is 4. The molecule has 0 aromatic carbocycles. The number of aliphatic hydroxyl groups is 1. The Bertz CT molecular complexity index is 280. The van der Waals surface area contributed by atoms with E-state index in [-0.39, 0.29) is 18.6 Å². The van der Waals surface area contributed by atoms with Gasteiger partial charge in [-0.25, -0.2) is 9.59 Å². The molecule has 0 aliphatic rings. The minimum absolute atomic E-state index is 0.121. The fourth-order valence-electron chi connectivity index (χ4n) is 0.793. The summed E-state index contributed by atoms with van der Waals surface area (Å²) in [5.74, 6) is -1.74. The second kappa shape index (κ2) is 6.78. The number of hydrogen-bond donors (Lipinski definition) is 2. The van der Waals surface area contributed by atoms with Crippen molar-refractivity contribution < 1.29 is 24.5 Å². The maximum absolute atomic E-state index is 10.8. The Labute approximate surface area is 87.7 Å². The van der Waals surface area contributed by atoms with E-state index in [0.29, 0.717) is 0 Å². The molecule has 1 unspecified atom stereocenters. The molecule has 0 radical (unpaired) electrons. The number of aliphatic hydroxyl groups excluding tert-OH is 1. The summed E-state index contributed by atoms with van der Waals surface area (Å²) in [5.41, 5.74) is -0.121. The Morgan fingerprint density at radius 1 is 1.53 bits per heavy atom. The smallest absolute Gasteiger partial charge is 0.331 e. The molecule has 0 aliphatic carbocycles. The zero-order valence-corrected chi connectivity index (χ0v) is 8.47. The number of carbonyl (C=O) groups excluding carboxylic acids is 1. The quantitative estimate of drug-likeness (QED) is 0.496. The summed E-state index contributed by atoms with van der Waals surface area (Å²) in [4.78, 5) is 21.2. The fraction of sp³-hybridized carbons (Fsp3) is 0.400. The number of carboxylic acids is 1. The van der Waals surface area contributed by atoms with Gasteiger partial charge in [0.25, 0.3) is 0 Å². The molecule has 0 bridgehead atoms. The standard InChI is InChI=1S/C10H14O5/c1-3-4-9(12)15-6-8(11)5-7(2)10(13)14/h3-4,8,11H,2,5-6H2,1H3,(H,13,14). The fourth-order valence-corrected chi connectivity index (χ4v) is 0.793. The van der Waals surface area contributed by atoms with Gasteiger partial charge in [0, 0.05) is 18.1 Å². The van der Waals surface area contributed by atoms with Gasteiger partial charge in [0.15, 0.2) is 0 Å². The number of carboxylic acid groups (broad SMARTS) is 1. The van der Waals surface area contributed by atoms with E-state index in [1.807, 2.05) is 0 Å². The van der Waals surface area contributed by atoms with Crippen molar-refractivity contribution in [1.29, 1.82) is 0 Å². The lowest BCUT2D eigenvalue weighted by Crippen LogP contribution is -2.19. The Morgan fingerprint density at radius 3 is 2.60 bits per heavy atom. The van der Waals surface area contributed by atoms with Crippen molar-refractivity contribution in [3.63, 3.8) is 0 Å². The first-order valence-corrected chi connectivity index (χ1v) is 4.36. The zero-order chi connectivity index (χ0) is 11.8. The summed E-state index contributed by atoms with van der Waals surface area (Å²) in [6.45, 7) is 4.66. The number of carbonyl (C=O) groups is 2. The number of ether oxygens (including phenoxy) is 1. The SMILES string of the molecule is C=C(CC(O)COC(=O)C=CC)C(=O)O. The van der Waals surface area contributed by atoms with E-state index in [9.17, 15) is 14.7 Å². The molecule has 0 amide bonds. The van der Waals surface area contributed by atoms with Crippen LogP contribution in [-0.4, -0.2) is 34.9 Å². The van der Waals surface area contributed by atoms with Gasteiger partial charge < -0.3 is 14.9 Å². The average Bonchev–Trinajstić information content (AvgIpc) is 2.15. The Hall–Kier alpha value is -1.62. The second-order valence-electron chi connectivity index (χ2n) is 2.90. The first-order chi connectivity index (χ1) is 6.97. The first kappa shape index (κ1) is 13.4. The summed E-state index contributed by atoms with van der Waals surface area (Å²) in [6.07, 6.45) is 1.55. The molecular formula is C10H14O5. The van der Waals surface area contributed by atoms with Gasteiger partial charge in [0.2, 0.25) is 0 Å². The molecule has 2 N–H and O–H groups in total. The summed E-state index contributed by atoms with van der Waals surface area (Å²) >= 11 is 0. The summed E-state index contributed by atoms with van der Waals surface area (Å²) in [5, 5.41) is 17.7. The van der Waals surface area contributed by atoms with Crippen LogP contribution in [0, 0.1) is 0 Å². The van der Waals surface area contributed by atoms with Gasteiger partial charge in [-0.05, 0) is 6.92 Å². The topological polar surface area (TPSA) is 83.8 Å². The summed E-state index contributed by atoms with van der Waals surface area (Å²) in [6, 6.07) is 0. The predicted molar refractivity (Wildman–Crippen MR) is 53.2 cm³/mol. The molecular weight excluding hydrogens is 200 g/mol. The first-order valence-electron chi connectivity index (χ1n) is 4.36. The lowest BCUT2D eigenvalue weighted by molar-refractivity contribution is -0.140. The lowest BCUT2D eigenvalue weighted by atomic mass is 10.1. The molecule has 15 heavy (non-hydrogen) atoms. The van der Waals surface area contributed by atoms with Crippen LogP contribution in [0.4, 0.5) is 0 Å². The van der Waals surface area contributed by atoms with E-state index in [1.165, 1.54) is 12.2 Å². The minimum atomic E-state index is -1.17. The third kappa shape index (κ3) is 6.45. The van der Waals surface area contributed by atoms with E-state index >= 15 is 0 Å². The Kier molecular flexibility index (Phi) is 6.05.